The van der Waals surface area contributed by atoms with Crippen LogP contribution < -0.4 is 0 Å². The van der Waals surface area contributed by atoms with Gasteiger partial charge >= 0.3 is 6.03 Å². The van der Waals surface area contributed by atoms with E-state index < -0.39 is 0 Å². The van der Waals surface area contributed by atoms with E-state index in [0.717, 1.165) is 45.4 Å². The van der Waals surface area contributed by atoms with Gasteiger partial charge in [-0.2, -0.15) is 0 Å². The van der Waals surface area contributed by atoms with E-state index in [2.05, 4.69) is 4.90 Å². The van der Waals surface area contributed by atoms with Gasteiger partial charge in [0.2, 0.25) is 0 Å². The molecule has 1 saturated carbocycles. The van der Waals surface area contributed by atoms with E-state index in [1.54, 1.807) is 19.0 Å². The number of carbonyl (C=O) groups is 1. The van der Waals surface area contributed by atoms with Gasteiger partial charge in [0.15, 0.2) is 0 Å². The number of carbonyl (C=O) groups excluding carboxylic acids is 1. The first-order valence-corrected chi connectivity index (χ1v) is 6.98. The molecule has 2 aliphatic rings. The van der Waals surface area contributed by atoms with E-state index in [1.807, 2.05) is 4.90 Å². The summed E-state index contributed by atoms with van der Waals surface area (Å²) in [5, 5.41) is 10.1. The molecule has 0 bridgehead atoms. The Morgan fingerprint density at radius 1 is 1.11 bits per heavy atom. The lowest BCUT2D eigenvalue weighted by atomic mass is 9.91. The number of piperazine rings is 1. The fourth-order valence-corrected chi connectivity index (χ4v) is 3.05. The van der Waals surface area contributed by atoms with Crippen LogP contribution in [0.25, 0.3) is 0 Å². The van der Waals surface area contributed by atoms with Crippen LogP contribution in [-0.2, 0) is 0 Å². The van der Waals surface area contributed by atoms with E-state index in [4.69, 9.17) is 0 Å². The molecule has 104 valence electrons. The topological polar surface area (TPSA) is 47.0 Å². The van der Waals surface area contributed by atoms with Gasteiger partial charge in [0, 0.05) is 46.3 Å². The van der Waals surface area contributed by atoms with Crippen molar-refractivity contribution in [2.45, 2.75) is 37.8 Å². The Labute approximate surface area is 109 Å². The first-order valence-electron chi connectivity index (χ1n) is 6.98. The Morgan fingerprint density at radius 3 is 2.28 bits per heavy atom. The van der Waals surface area contributed by atoms with Crippen molar-refractivity contribution < 1.29 is 9.90 Å². The summed E-state index contributed by atoms with van der Waals surface area (Å²) in [4.78, 5) is 17.7. The summed E-state index contributed by atoms with van der Waals surface area (Å²) < 4.78 is 0. The molecule has 2 rings (SSSR count). The maximum Gasteiger partial charge on any atom is 0.319 e. The summed E-state index contributed by atoms with van der Waals surface area (Å²) in [7, 11) is 3.58. The van der Waals surface area contributed by atoms with Crippen molar-refractivity contribution in [1.29, 1.82) is 0 Å². The molecule has 0 spiro atoms. The molecule has 2 unspecified atom stereocenters. The number of urea groups is 1. The monoisotopic (exact) mass is 255 g/mol. The number of rotatable bonds is 1. The number of aliphatic hydroxyl groups is 1. The summed E-state index contributed by atoms with van der Waals surface area (Å²) in [6.45, 7) is 3.34. The standard InChI is InChI=1S/C13H25N3O2/c1-14(2)13(18)16-9-7-15(8-10-16)11-5-3-4-6-12(11)17/h11-12,17H,3-10H2,1-2H3. The molecule has 5 nitrogen and oxygen atoms in total. The normalized spacial score (nSPS) is 30.3. The molecule has 0 aromatic heterocycles. The van der Waals surface area contributed by atoms with Gasteiger partial charge in [0.1, 0.15) is 0 Å². The van der Waals surface area contributed by atoms with Crippen LogP contribution in [0.5, 0.6) is 0 Å². The third-order valence-electron chi connectivity index (χ3n) is 4.13. The SMILES string of the molecule is CN(C)C(=O)N1CCN(C2CCCCC2O)CC1. The molecule has 0 aromatic carbocycles. The van der Waals surface area contributed by atoms with Crippen molar-refractivity contribution in [3.8, 4) is 0 Å². The zero-order chi connectivity index (χ0) is 13.1. The van der Waals surface area contributed by atoms with Crippen LogP contribution in [0.4, 0.5) is 4.79 Å². The van der Waals surface area contributed by atoms with Gasteiger partial charge in [-0.25, -0.2) is 4.79 Å². The molecular formula is C13H25N3O2. The first-order chi connectivity index (χ1) is 8.59. The summed E-state index contributed by atoms with van der Waals surface area (Å²) in [6, 6.07) is 0.411. The molecule has 18 heavy (non-hydrogen) atoms. The Kier molecular flexibility index (Phi) is 4.45. The third-order valence-corrected chi connectivity index (χ3v) is 4.13. The van der Waals surface area contributed by atoms with Crippen molar-refractivity contribution in [3.05, 3.63) is 0 Å². The molecule has 1 N–H and O–H groups in total. The second-order valence-corrected chi connectivity index (χ2v) is 5.62. The van der Waals surface area contributed by atoms with E-state index in [0.29, 0.717) is 6.04 Å². The van der Waals surface area contributed by atoms with Gasteiger partial charge in [0.25, 0.3) is 0 Å². The number of nitrogens with zero attached hydrogens (tertiary/aromatic N) is 3. The lowest BCUT2D eigenvalue weighted by Crippen LogP contribution is -2.56. The molecule has 1 aliphatic carbocycles. The summed E-state index contributed by atoms with van der Waals surface area (Å²) in [5.74, 6) is 0. The van der Waals surface area contributed by atoms with Crippen LogP contribution in [0.15, 0.2) is 0 Å². The predicted octanol–water partition coefficient (Wildman–Crippen LogP) is 0.589. The highest BCUT2D eigenvalue weighted by Gasteiger charge is 2.31. The molecule has 2 atom stereocenters. The Hall–Kier alpha value is -0.810. The van der Waals surface area contributed by atoms with Crippen molar-refractivity contribution in [2.75, 3.05) is 40.3 Å². The lowest BCUT2D eigenvalue weighted by molar-refractivity contribution is 0.000639. The molecule has 0 aromatic rings. The average Bonchev–Trinajstić information content (AvgIpc) is 2.38. The molecular weight excluding hydrogens is 230 g/mol. The van der Waals surface area contributed by atoms with Gasteiger partial charge in [-0.3, -0.25) is 4.90 Å². The number of hydrogen-bond donors (Lipinski definition) is 1. The largest absolute Gasteiger partial charge is 0.391 e. The van der Waals surface area contributed by atoms with Gasteiger partial charge in [-0.05, 0) is 12.8 Å². The fourth-order valence-electron chi connectivity index (χ4n) is 3.05. The van der Waals surface area contributed by atoms with Crippen LogP contribution in [0.2, 0.25) is 0 Å². The number of hydrogen-bond acceptors (Lipinski definition) is 3. The third kappa shape index (κ3) is 2.95. The van der Waals surface area contributed by atoms with Crippen molar-refractivity contribution in [1.82, 2.24) is 14.7 Å². The minimum Gasteiger partial charge on any atom is -0.391 e. The lowest BCUT2D eigenvalue weighted by Gasteiger charge is -2.43. The van der Waals surface area contributed by atoms with Gasteiger partial charge in [0.05, 0.1) is 6.10 Å². The van der Waals surface area contributed by atoms with Crippen LogP contribution in [-0.4, -0.2) is 78.3 Å². The molecule has 2 amide bonds. The highest BCUT2D eigenvalue weighted by atomic mass is 16.3. The highest BCUT2D eigenvalue weighted by Crippen LogP contribution is 2.24. The van der Waals surface area contributed by atoms with Crippen LogP contribution in [0.3, 0.4) is 0 Å². The van der Waals surface area contributed by atoms with Gasteiger partial charge in [-0.15, -0.1) is 0 Å². The molecule has 2 fully saturated rings. The van der Waals surface area contributed by atoms with Crippen LogP contribution in [0.1, 0.15) is 25.7 Å². The Bertz CT molecular complexity index is 288. The highest BCUT2D eigenvalue weighted by molar-refractivity contribution is 5.73. The predicted molar refractivity (Wildman–Crippen MR) is 70.5 cm³/mol. The maximum atomic E-state index is 11.8. The minimum atomic E-state index is -0.171. The van der Waals surface area contributed by atoms with E-state index in [9.17, 15) is 9.90 Å². The average molecular weight is 255 g/mol. The van der Waals surface area contributed by atoms with Crippen molar-refractivity contribution >= 4 is 6.03 Å². The first kappa shape index (κ1) is 13.6. The molecule has 0 radical (unpaired) electrons. The number of aliphatic hydroxyl groups excluding tert-OH is 1. The maximum absolute atomic E-state index is 11.8. The second kappa shape index (κ2) is 5.89. The second-order valence-electron chi connectivity index (χ2n) is 5.62. The Balaban J connectivity index is 1.84. The smallest absolute Gasteiger partial charge is 0.319 e. The zero-order valence-electron chi connectivity index (χ0n) is 11.5. The molecule has 1 saturated heterocycles. The van der Waals surface area contributed by atoms with Crippen molar-refractivity contribution in [3.63, 3.8) is 0 Å². The quantitative estimate of drug-likeness (QED) is 0.746. The van der Waals surface area contributed by atoms with Gasteiger partial charge < -0.3 is 14.9 Å². The summed E-state index contributed by atoms with van der Waals surface area (Å²) >= 11 is 0. The van der Waals surface area contributed by atoms with E-state index >= 15 is 0 Å². The summed E-state index contributed by atoms with van der Waals surface area (Å²) in [6.07, 6.45) is 4.23. The van der Waals surface area contributed by atoms with Gasteiger partial charge in [-0.1, -0.05) is 12.8 Å². The van der Waals surface area contributed by atoms with Crippen LogP contribution in [0, 0.1) is 0 Å². The number of amides is 2. The molecule has 5 heteroatoms. The minimum absolute atomic E-state index is 0.0962. The zero-order valence-corrected chi connectivity index (χ0v) is 11.5. The van der Waals surface area contributed by atoms with Crippen molar-refractivity contribution in [2.24, 2.45) is 0 Å². The summed E-state index contributed by atoms with van der Waals surface area (Å²) in [5.41, 5.74) is 0. The fraction of sp³-hybridized carbons (Fsp3) is 0.923. The molecule has 1 aliphatic heterocycles. The molecule has 1 heterocycles. The van der Waals surface area contributed by atoms with E-state index in [1.165, 1.54) is 6.42 Å². The van der Waals surface area contributed by atoms with E-state index in [-0.39, 0.29) is 12.1 Å². The Morgan fingerprint density at radius 2 is 1.72 bits per heavy atom. The van der Waals surface area contributed by atoms with Crippen LogP contribution >= 0.6 is 0 Å².